The maximum absolute atomic E-state index is 12.1. The summed E-state index contributed by atoms with van der Waals surface area (Å²) in [6.07, 6.45) is -0.567. The van der Waals surface area contributed by atoms with Crippen LogP contribution in [-0.4, -0.2) is 29.6 Å². The van der Waals surface area contributed by atoms with Crippen LogP contribution in [0.3, 0.4) is 0 Å². The molecule has 0 aliphatic heterocycles. The first kappa shape index (κ1) is 20.2. The highest BCUT2D eigenvalue weighted by Crippen LogP contribution is 2.25. The van der Waals surface area contributed by atoms with E-state index in [1.165, 1.54) is 0 Å². The summed E-state index contributed by atoms with van der Waals surface area (Å²) in [4.78, 5) is 24.2. The molecule has 1 atom stereocenters. The smallest absolute Gasteiger partial charge is 0.313 e. The summed E-state index contributed by atoms with van der Waals surface area (Å²) in [7, 11) is 0. The highest BCUT2D eigenvalue weighted by atomic mass is 16.3. The molecular weight excluding hydrogens is 304 g/mol. The number of aryl methyl sites for hydroxylation is 3. The van der Waals surface area contributed by atoms with Gasteiger partial charge in [0.1, 0.15) is 0 Å². The molecule has 24 heavy (non-hydrogen) atoms. The second-order valence-corrected chi connectivity index (χ2v) is 7.59. The Hall–Kier alpha value is -1.88. The van der Waals surface area contributed by atoms with Crippen LogP contribution in [0.15, 0.2) is 12.1 Å². The lowest BCUT2D eigenvalue weighted by Gasteiger charge is -2.33. The number of aliphatic hydroxyl groups is 1. The maximum atomic E-state index is 12.1. The van der Waals surface area contributed by atoms with Gasteiger partial charge in [0, 0.05) is 17.6 Å². The average molecular weight is 334 g/mol. The highest BCUT2D eigenvalue weighted by Gasteiger charge is 2.31. The quantitative estimate of drug-likeness (QED) is 0.725. The van der Waals surface area contributed by atoms with E-state index in [-0.39, 0.29) is 12.5 Å². The van der Waals surface area contributed by atoms with E-state index in [4.69, 9.17) is 0 Å². The summed E-state index contributed by atoms with van der Waals surface area (Å²) in [6, 6.07) is 3.92. The number of carbonyl (C=O) groups is 2. The molecule has 3 N–H and O–H groups in total. The van der Waals surface area contributed by atoms with Gasteiger partial charge in [-0.25, -0.2) is 0 Å². The van der Waals surface area contributed by atoms with Crippen LogP contribution < -0.4 is 10.6 Å². The summed E-state index contributed by atoms with van der Waals surface area (Å²) in [6.45, 7) is 13.6. The van der Waals surface area contributed by atoms with Crippen LogP contribution >= 0.6 is 0 Å². The van der Waals surface area contributed by atoms with Crippen molar-refractivity contribution in [2.45, 2.75) is 54.6 Å². The lowest BCUT2D eigenvalue weighted by atomic mass is 9.81. The molecule has 0 spiro atoms. The molecule has 5 nitrogen and oxygen atoms in total. The minimum Gasteiger partial charge on any atom is -0.392 e. The molecule has 0 heterocycles. The molecule has 0 bridgehead atoms. The van der Waals surface area contributed by atoms with Gasteiger partial charge in [-0.15, -0.1) is 0 Å². The van der Waals surface area contributed by atoms with Gasteiger partial charge in [-0.3, -0.25) is 9.59 Å². The number of benzene rings is 1. The summed E-state index contributed by atoms with van der Waals surface area (Å²) in [5.41, 5.74) is 3.10. The lowest BCUT2D eigenvalue weighted by molar-refractivity contribution is -0.136. The van der Waals surface area contributed by atoms with Crippen LogP contribution in [0.4, 0.5) is 5.69 Å². The fourth-order valence-electron chi connectivity index (χ4n) is 2.94. The van der Waals surface area contributed by atoms with Crippen LogP contribution in [-0.2, 0) is 9.59 Å². The Balaban J connectivity index is 2.72. The first-order valence-corrected chi connectivity index (χ1v) is 8.30. The van der Waals surface area contributed by atoms with E-state index in [9.17, 15) is 14.7 Å². The summed E-state index contributed by atoms with van der Waals surface area (Å²) in [5, 5.41) is 15.5. The van der Waals surface area contributed by atoms with Crippen LogP contribution in [0, 0.1) is 32.1 Å². The monoisotopic (exact) mass is 334 g/mol. The number of aliphatic hydroxyl groups excluding tert-OH is 1. The van der Waals surface area contributed by atoms with E-state index in [2.05, 4.69) is 10.6 Å². The van der Waals surface area contributed by atoms with Crippen molar-refractivity contribution < 1.29 is 14.7 Å². The zero-order valence-electron chi connectivity index (χ0n) is 15.8. The second kappa shape index (κ2) is 7.79. The van der Waals surface area contributed by atoms with Crippen molar-refractivity contribution in [2.75, 3.05) is 11.9 Å². The van der Waals surface area contributed by atoms with E-state index in [1.54, 1.807) is 0 Å². The number of nitrogens with one attached hydrogen (secondary N) is 2. The third kappa shape index (κ3) is 5.06. The molecule has 2 amide bonds. The van der Waals surface area contributed by atoms with Gasteiger partial charge in [-0.2, -0.15) is 0 Å². The highest BCUT2D eigenvalue weighted by molar-refractivity contribution is 6.39. The lowest BCUT2D eigenvalue weighted by Crippen LogP contribution is -2.46. The molecule has 1 aromatic carbocycles. The van der Waals surface area contributed by atoms with Crippen LogP contribution in [0.5, 0.6) is 0 Å². The molecule has 0 saturated carbocycles. The van der Waals surface area contributed by atoms with Crippen molar-refractivity contribution in [1.29, 1.82) is 0 Å². The third-order valence-electron chi connectivity index (χ3n) is 4.26. The largest absolute Gasteiger partial charge is 0.392 e. The molecule has 0 saturated heterocycles. The van der Waals surface area contributed by atoms with Crippen LogP contribution in [0.25, 0.3) is 0 Å². The third-order valence-corrected chi connectivity index (χ3v) is 4.26. The Morgan fingerprint density at radius 1 is 1.08 bits per heavy atom. The Morgan fingerprint density at radius 2 is 1.58 bits per heavy atom. The van der Waals surface area contributed by atoms with Gasteiger partial charge in [0.2, 0.25) is 0 Å². The van der Waals surface area contributed by atoms with E-state index in [1.807, 2.05) is 60.6 Å². The molecule has 0 aliphatic carbocycles. The summed E-state index contributed by atoms with van der Waals surface area (Å²) >= 11 is 0. The number of amides is 2. The molecule has 1 aromatic rings. The SMILES string of the molecule is Cc1cc(C)c(NC(=O)C(=O)NCC(C)(C)C(O)C(C)C)c(C)c1. The summed E-state index contributed by atoms with van der Waals surface area (Å²) in [5.74, 6) is -1.32. The molecule has 0 fully saturated rings. The van der Waals surface area contributed by atoms with Gasteiger partial charge in [0.05, 0.1) is 6.10 Å². The maximum Gasteiger partial charge on any atom is 0.313 e. The fourth-order valence-corrected chi connectivity index (χ4v) is 2.94. The molecule has 134 valence electrons. The zero-order chi connectivity index (χ0) is 18.7. The van der Waals surface area contributed by atoms with Crippen molar-refractivity contribution in [2.24, 2.45) is 11.3 Å². The molecule has 1 unspecified atom stereocenters. The van der Waals surface area contributed by atoms with Gasteiger partial charge in [0.25, 0.3) is 0 Å². The summed E-state index contributed by atoms with van der Waals surface area (Å²) < 4.78 is 0. The molecule has 5 heteroatoms. The molecule has 0 aliphatic rings. The van der Waals surface area contributed by atoms with E-state index in [0.717, 1.165) is 16.7 Å². The van der Waals surface area contributed by atoms with Gasteiger partial charge in [0.15, 0.2) is 0 Å². The van der Waals surface area contributed by atoms with Gasteiger partial charge in [-0.05, 0) is 37.8 Å². The first-order chi connectivity index (χ1) is 11.0. The van der Waals surface area contributed by atoms with Gasteiger partial charge >= 0.3 is 11.8 Å². The van der Waals surface area contributed by atoms with E-state index >= 15 is 0 Å². The van der Waals surface area contributed by atoms with Gasteiger partial charge in [-0.1, -0.05) is 45.4 Å². The van der Waals surface area contributed by atoms with Crippen molar-refractivity contribution >= 4 is 17.5 Å². The molecule has 0 radical (unpaired) electrons. The molecule has 1 rings (SSSR count). The van der Waals surface area contributed by atoms with E-state index in [0.29, 0.717) is 5.69 Å². The van der Waals surface area contributed by atoms with Crippen molar-refractivity contribution in [1.82, 2.24) is 5.32 Å². The molecule has 0 aromatic heterocycles. The number of rotatable bonds is 5. The first-order valence-electron chi connectivity index (χ1n) is 8.30. The number of anilines is 1. The van der Waals surface area contributed by atoms with Crippen LogP contribution in [0.1, 0.15) is 44.4 Å². The predicted octanol–water partition coefficient (Wildman–Crippen LogP) is 2.71. The number of hydrogen-bond donors (Lipinski definition) is 3. The van der Waals surface area contributed by atoms with Crippen molar-refractivity contribution in [3.8, 4) is 0 Å². The fraction of sp³-hybridized carbons (Fsp3) is 0.579. The topological polar surface area (TPSA) is 78.4 Å². The predicted molar refractivity (Wildman–Crippen MR) is 96.9 cm³/mol. The minimum absolute atomic E-state index is 0.0728. The van der Waals surface area contributed by atoms with Crippen molar-refractivity contribution in [3.63, 3.8) is 0 Å². The normalized spacial score (nSPS) is 12.9. The Kier molecular flexibility index (Phi) is 6.55. The Morgan fingerprint density at radius 3 is 2.04 bits per heavy atom. The average Bonchev–Trinajstić information content (AvgIpc) is 2.47. The number of carbonyl (C=O) groups excluding carboxylic acids is 2. The van der Waals surface area contributed by atoms with Gasteiger partial charge < -0.3 is 15.7 Å². The van der Waals surface area contributed by atoms with Crippen molar-refractivity contribution in [3.05, 3.63) is 28.8 Å². The standard InChI is InChI=1S/C19H30N2O3/c1-11(2)16(22)19(6,7)10-20-17(23)18(24)21-15-13(4)8-12(3)9-14(15)5/h8-9,11,16,22H,10H2,1-7H3,(H,20,23)(H,21,24). The number of hydrogen-bond acceptors (Lipinski definition) is 3. The zero-order valence-corrected chi connectivity index (χ0v) is 15.8. The Labute approximate surface area is 144 Å². The second-order valence-electron chi connectivity index (χ2n) is 7.59. The van der Waals surface area contributed by atoms with E-state index < -0.39 is 23.3 Å². The molecular formula is C19H30N2O3. The Bertz CT molecular complexity index is 598. The van der Waals surface area contributed by atoms with Crippen LogP contribution in [0.2, 0.25) is 0 Å². The minimum atomic E-state index is -0.696.